The molecule has 9 nitrogen and oxygen atoms in total. The Kier molecular flexibility index (Phi) is 7.66. The van der Waals surface area contributed by atoms with Crippen molar-refractivity contribution in [3.8, 4) is 11.8 Å². The highest BCUT2D eigenvalue weighted by molar-refractivity contribution is 5.93. The molecule has 0 bridgehead atoms. The van der Waals surface area contributed by atoms with E-state index in [0.29, 0.717) is 44.2 Å². The van der Waals surface area contributed by atoms with Gasteiger partial charge in [0.05, 0.1) is 31.9 Å². The van der Waals surface area contributed by atoms with Gasteiger partial charge in [0.15, 0.2) is 0 Å². The second-order valence-electron chi connectivity index (χ2n) is 9.73. The van der Waals surface area contributed by atoms with Gasteiger partial charge in [-0.1, -0.05) is 18.2 Å². The molecule has 2 aromatic rings. The van der Waals surface area contributed by atoms with Crippen LogP contribution >= 0.6 is 0 Å². The molecule has 36 heavy (non-hydrogen) atoms. The lowest BCUT2D eigenvalue weighted by atomic mass is 9.95. The predicted octanol–water partition coefficient (Wildman–Crippen LogP) is 1.64. The number of nitriles is 1. The summed E-state index contributed by atoms with van der Waals surface area (Å²) in [6.45, 7) is 6.19. The molecular weight excluding hydrogens is 456 g/mol. The van der Waals surface area contributed by atoms with E-state index in [1.54, 1.807) is 0 Å². The molecule has 190 valence electrons. The molecule has 0 radical (unpaired) electrons. The van der Waals surface area contributed by atoms with E-state index in [0.717, 1.165) is 68.8 Å². The van der Waals surface area contributed by atoms with Crippen LogP contribution in [0.3, 0.4) is 0 Å². The Morgan fingerprint density at radius 3 is 2.28 bits per heavy atom. The maximum absolute atomic E-state index is 13.1. The van der Waals surface area contributed by atoms with Gasteiger partial charge < -0.3 is 15.0 Å². The number of ether oxygens (including phenoxy) is 1. The first-order valence-corrected chi connectivity index (χ1v) is 13.0. The Morgan fingerprint density at radius 2 is 1.58 bits per heavy atom. The lowest BCUT2D eigenvalue weighted by Gasteiger charge is -2.35. The quantitative estimate of drug-likeness (QED) is 0.662. The van der Waals surface area contributed by atoms with Crippen LogP contribution in [0, 0.1) is 11.3 Å². The number of rotatable bonds is 6. The summed E-state index contributed by atoms with van der Waals surface area (Å²) in [5.41, 5.74) is 3.76. The summed E-state index contributed by atoms with van der Waals surface area (Å²) >= 11 is 0. The molecule has 0 saturated carbocycles. The number of morpholine rings is 1. The summed E-state index contributed by atoms with van der Waals surface area (Å²) in [4.78, 5) is 31.8. The van der Waals surface area contributed by atoms with Gasteiger partial charge in [0.2, 0.25) is 11.8 Å². The molecule has 0 atom stereocenters. The summed E-state index contributed by atoms with van der Waals surface area (Å²) in [6.07, 6.45) is 3.92. The number of carbonyl (C=O) groups is 2. The van der Waals surface area contributed by atoms with Crippen molar-refractivity contribution in [2.45, 2.75) is 25.7 Å². The Morgan fingerprint density at radius 1 is 0.917 bits per heavy atom. The number of nitrogens with one attached hydrogen (secondary N) is 1. The second-order valence-corrected chi connectivity index (χ2v) is 9.73. The zero-order valence-corrected chi connectivity index (χ0v) is 20.7. The number of anilines is 1. The minimum absolute atomic E-state index is 0.114. The largest absolute Gasteiger partial charge is 0.378 e. The predicted molar refractivity (Wildman–Crippen MR) is 136 cm³/mol. The number of piperazine rings is 1. The van der Waals surface area contributed by atoms with E-state index in [1.807, 2.05) is 35.2 Å². The number of carbonyl (C=O) groups excluding carboxylic acids is 2. The number of amides is 2. The number of para-hydroxylation sites is 1. The Labute approximate surface area is 212 Å². The molecule has 5 rings (SSSR count). The van der Waals surface area contributed by atoms with Crippen molar-refractivity contribution >= 4 is 17.6 Å². The number of aromatic nitrogens is 1. The molecule has 3 heterocycles. The highest BCUT2D eigenvalue weighted by Crippen LogP contribution is 2.35. The first-order chi connectivity index (χ1) is 17.6. The van der Waals surface area contributed by atoms with Gasteiger partial charge in [0, 0.05) is 50.6 Å². The van der Waals surface area contributed by atoms with E-state index in [9.17, 15) is 14.9 Å². The van der Waals surface area contributed by atoms with Crippen LogP contribution in [0.25, 0.3) is 5.69 Å². The summed E-state index contributed by atoms with van der Waals surface area (Å²) in [5.74, 6) is 0.630. The van der Waals surface area contributed by atoms with Crippen LogP contribution in [0.1, 0.15) is 29.7 Å². The average molecular weight is 491 g/mol. The summed E-state index contributed by atoms with van der Waals surface area (Å²) in [6, 6.07) is 12.3. The molecule has 2 saturated heterocycles. The minimum atomic E-state index is -0.114. The van der Waals surface area contributed by atoms with Crippen LogP contribution in [-0.2, 0) is 27.2 Å². The maximum Gasteiger partial charge on any atom is 0.239 e. The van der Waals surface area contributed by atoms with Crippen molar-refractivity contribution in [2.24, 2.45) is 0 Å². The van der Waals surface area contributed by atoms with Gasteiger partial charge in [-0.2, -0.15) is 5.26 Å². The van der Waals surface area contributed by atoms with E-state index in [-0.39, 0.29) is 18.4 Å². The molecule has 0 spiro atoms. The fourth-order valence-corrected chi connectivity index (χ4v) is 5.48. The molecule has 2 aliphatic heterocycles. The molecule has 1 aromatic carbocycles. The molecule has 9 heteroatoms. The van der Waals surface area contributed by atoms with Crippen molar-refractivity contribution < 1.29 is 14.3 Å². The average Bonchev–Trinajstić information content (AvgIpc) is 3.23. The van der Waals surface area contributed by atoms with Crippen LogP contribution in [-0.4, -0.2) is 96.7 Å². The van der Waals surface area contributed by atoms with E-state index < -0.39 is 0 Å². The first kappa shape index (κ1) is 24.5. The second kappa shape index (κ2) is 11.2. The van der Waals surface area contributed by atoms with Crippen molar-refractivity contribution in [3.63, 3.8) is 0 Å². The highest BCUT2D eigenvalue weighted by Gasteiger charge is 2.28. The lowest BCUT2D eigenvalue weighted by Crippen LogP contribution is -2.52. The van der Waals surface area contributed by atoms with Crippen LogP contribution in [0.15, 0.2) is 30.3 Å². The number of hydrogen-bond acceptors (Lipinski definition) is 6. The van der Waals surface area contributed by atoms with Gasteiger partial charge in [-0.15, -0.1) is 0 Å². The molecule has 3 aliphatic rings. The summed E-state index contributed by atoms with van der Waals surface area (Å²) < 4.78 is 7.40. The zero-order chi connectivity index (χ0) is 24.9. The monoisotopic (exact) mass is 490 g/mol. The third-order valence-corrected chi connectivity index (χ3v) is 7.41. The molecule has 1 aromatic heterocycles. The molecule has 2 fully saturated rings. The molecule has 1 N–H and O–H groups in total. The minimum Gasteiger partial charge on any atom is -0.378 e. The molecule has 2 amide bonds. The topological polar surface area (TPSA) is 93.8 Å². The van der Waals surface area contributed by atoms with Crippen molar-refractivity contribution in [3.05, 3.63) is 47.2 Å². The summed E-state index contributed by atoms with van der Waals surface area (Å²) in [5, 5.41) is 13.1. The number of benzene rings is 1. The Bertz CT molecular complexity index is 1120. The van der Waals surface area contributed by atoms with E-state index in [4.69, 9.17) is 4.74 Å². The van der Waals surface area contributed by atoms with E-state index in [1.165, 1.54) is 0 Å². The first-order valence-electron chi connectivity index (χ1n) is 13.0. The lowest BCUT2D eigenvalue weighted by molar-refractivity contribution is -0.137. The summed E-state index contributed by atoms with van der Waals surface area (Å²) in [7, 11) is 0. The Balaban J connectivity index is 1.22. The van der Waals surface area contributed by atoms with Crippen molar-refractivity contribution in [2.75, 3.05) is 70.9 Å². The van der Waals surface area contributed by atoms with Gasteiger partial charge in [-0.25, -0.2) is 0 Å². The van der Waals surface area contributed by atoms with Crippen LogP contribution in [0.2, 0.25) is 0 Å². The maximum atomic E-state index is 13.1. The molecule has 1 aliphatic carbocycles. The van der Waals surface area contributed by atoms with Gasteiger partial charge in [0.25, 0.3) is 0 Å². The number of nitrogens with zero attached hydrogens (tertiary/aromatic N) is 5. The van der Waals surface area contributed by atoms with Crippen molar-refractivity contribution in [1.29, 1.82) is 5.26 Å². The fraction of sp³-hybridized carbons (Fsp3) is 0.519. The standard InChI is InChI=1S/C27H34N6O3/c28-18-23-22-8-4-5-9-24(22)33(21-6-2-1-3-7-21)27(23)29-25(34)19-30-10-12-31(13-11-30)20-26(35)32-14-16-36-17-15-32/h1-3,6-7H,4-5,8-17,19-20H2,(H,29,34). The van der Waals surface area contributed by atoms with E-state index >= 15 is 0 Å². The fourth-order valence-electron chi connectivity index (χ4n) is 5.48. The van der Waals surface area contributed by atoms with Gasteiger partial charge in [0.1, 0.15) is 11.9 Å². The zero-order valence-electron chi connectivity index (χ0n) is 20.7. The third kappa shape index (κ3) is 5.31. The third-order valence-electron chi connectivity index (χ3n) is 7.41. The van der Waals surface area contributed by atoms with Crippen LogP contribution in [0.5, 0.6) is 0 Å². The van der Waals surface area contributed by atoms with Crippen molar-refractivity contribution in [1.82, 2.24) is 19.3 Å². The Hall–Kier alpha value is -3.19. The molecule has 0 unspecified atom stereocenters. The SMILES string of the molecule is N#Cc1c2c(n(-c3ccccc3)c1NC(=O)CN1CCN(CC(=O)N3CCOCC3)CC1)CCCC2. The van der Waals surface area contributed by atoms with E-state index in [2.05, 4.69) is 25.8 Å². The number of fused-ring (bicyclic) bond motifs is 1. The highest BCUT2D eigenvalue weighted by atomic mass is 16.5. The smallest absolute Gasteiger partial charge is 0.239 e. The van der Waals surface area contributed by atoms with Crippen LogP contribution < -0.4 is 5.32 Å². The molecular formula is C27H34N6O3. The van der Waals surface area contributed by atoms with Gasteiger partial charge in [-0.3, -0.25) is 24.0 Å². The van der Waals surface area contributed by atoms with Crippen LogP contribution in [0.4, 0.5) is 5.82 Å². The normalized spacial score (nSPS) is 18.9. The van der Waals surface area contributed by atoms with Gasteiger partial charge in [-0.05, 0) is 43.4 Å². The van der Waals surface area contributed by atoms with Gasteiger partial charge >= 0.3 is 0 Å². The number of hydrogen-bond donors (Lipinski definition) is 1.